The quantitative estimate of drug-likeness (QED) is 0.268. The summed E-state index contributed by atoms with van der Waals surface area (Å²) in [6, 6.07) is 11.6. The van der Waals surface area contributed by atoms with Crippen LogP contribution >= 0.6 is 11.6 Å². The third-order valence-corrected chi connectivity index (χ3v) is 4.80. The molecule has 0 bridgehead atoms. The van der Waals surface area contributed by atoms with Gasteiger partial charge in [0.05, 0.1) is 4.92 Å². The molecule has 0 aromatic heterocycles. The fourth-order valence-electron chi connectivity index (χ4n) is 2.82. The number of anilines is 3. The Hall–Kier alpha value is -3.28. The molecule has 0 saturated carbocycles. The van der Waals surface area contributed by atoms with Crippen molar-refractivity contribution in [1.82, 2.24) is 0 Å². The number of benzene rings is 2. The number of aryl methyl sites for hydroxylation is 1. The molecular formula is C21H22Cl2N5O3-. The second-order valence-electron chi connectivity index (χ2n) is 6.36. The van der Waals surface area contributed by atoms with Crippen molar-refractivity contribution in [2.75, 3.05) is 28.6 Å². The van der Waals surface area contributed by atoms with E-state index < -0.39 is 10.8 Å². The maximum absolute atomic E-state index is 12.4. The standard InChI is InChI=1S/C21H22ClN5O3.ClH/c1-4-26(5-2)17-7-9-19(14(3)10-17)24-13-15(12-23)21(28)25-16-6-8-18(22)20(11-16)27(29)30;/h6-11,13,24H,4-5H2,1-3H3,(H,25,28);1H/p-1/b15-13-;. The lowest BCUT2D eigenvalue weighted by atomic mass is 10.1. The van der Waals surface area contributed by atoms with E-state index >= 15 is 0 Å². The topological polar surface area (TPSA) is 111 Å². The van der Waals surface area contributed by atoms with E-state index in [9.17, 15) is 20.2 Å². The summed E-state index contributed by atoms with van der Waals surface area (Å²) in [4.78, 5) is 24.9. The zero-order valence-electron chi connectivity index (χ0n) is 17.3. The van der Waals surface area contributed by atoms with Gasteiger partial charge in [-0.1, -0.05) is 11.6 Å². The van der Waals surface area contributed by atoms with E-state index in [-0.39, 0.29) is 34.4 Å². The highest BCUT2D eigenvalue weighted by molar-refractivity contribution is 6.32. The molecule has 0 unspecified atom stereocenters. The van der Waals surface area contributed by atoms with Crippen molar-refractivity contribution in [3.05, 3.63) is 68.9 Å². The van der Waals surface area contributed by atoms with Crippen LogP contribution in [0.25, 0.3) is 0 Å². The van der Waals surface area contributed by atoms with Crippen LogP contribution in [0.2, 0.25) is 5.02 Å². The number of nitro groups is 1. The van der Waals surface area contributed by atoms with Gasteiger partial charge >= 0.3 is 0 Å². The van der Waals surface area contributed by atoms with Crippen molar-refractivity contribution >= 4 is 40.3 Å². The third kappa shape index (κ3) is 6.60. The van der Waals surface area contributed by atoms with Gasteiger partial charge < -0.3 is 27.9 Å². The summed E-state index contributed by atoms with van der Waals surface area (Å²) in [6.07, 6.45) is 1.30. The third-order valence-electron chi connectivity index (χ3n) is 4.48. The Morgan fingerprint density at radius 2 is 1.94 bits per heavy atom. The lowest BCUT2D eigenvalue weighted by Gasteiger charge is -2.22. The first-order chi connectivity index (χ1) is 14.3. The number of carbonyl (C=O) groups is 1. The molecule has 0 heterocycles. The van der Waals surface area contributed by atoms with E-state index in [1.54, 1.807) is 0 Å². The maximum atomic E-state index is 12.4. The molecule has 2 aromatic rings. The van der Waals surface area contributed by atoms with Gasteiger partial charge in [-0.25, -0.2) is 0 Å². The molecule has 0 aliphatic rings. The second kappa shape index (κ2) is 11.8. The fraction of sp³-hybridized carbons (Fsp3) is 0.238. The normalized spacial score (nSPS) is 10.5. The van der Waals surface area contributed by atoms with Crippen LogP contribution in [0.1, 0.15) is 19.4 Å². The van der Waals surface area contributed by atoms with Crippen LogP contribution in [0.3, 0.4) is 0 Å². The van der Waals surface area contributed by atoms with Crippen molar-refractivity contribution in [2.45, 2.75) is 20.8 Å². The molecule has 31 heavy (non-hydrogen) atoms. The first-order valence-electron chi connectivity index (χ1n) is 9.28. The van der Waals surface area contributed by atoms with Crippen molar-refractivity contribution in [1.29, 1.82) is 5.26 Å². The molecule has 1 amide bonds. The van der Waals surface area contributed by atoms with Gasteiger partial charge in [0.25, 0.3) is 11.6 Å². The average Bonchev–Trinajstić information content (AvgIpc) is 2.72. The highest BCUT2D eigenvalue weighted by Gasteiger charge is 2.15. The van der Waals surface area contributed by atoms with Crippen LogP contribution in [0.4, 0.5) is 22.7 Å². The van der Waals surface area contributed by atoms with E-state index in [1.807, 2.05) is 31.2 Å². The number of hydrogen-bond acceptors (Lipinski definition) is 6. The van der Waals surface area contributed by atoms with Crippen molar-refractivity contribution in [3.8, 4) is 6.07 Å². The van der Waals surface area contributed by atoms with Crippen LogP contribution in [0.5, 0.6) is 0 Å². The molecule has 0 atom stereocenters. The van der Waals surface area contributed by atoms with Gasteiger partial charge in [-0.05, 0) is 56.7 Å². The smallest absolute Gasteiger partial charge is 0.289 e. The number of nitrogens with one attached hydrogen (secondary N) is 2. The van der Waals surface area contributed by atoms with Gasteiger partial charge in [0.1, 0.15) is 16.7 Å². The Morgan fingerprint density at radius 1 is 1.26 bits per heavy atom. The SMILES string of the molecule is CCN(CC)c1ccc(N/C=C(/C#N)C(=O)Nc2ccc(Cl)c([N+](=O)[O-])c2)c(C)c1.[Cl-]. The molecule has 10 heteroatoms. The summed E-state index contributed by atoms with van der Waals surface area (Å²) < 4.78 is 0. The fourth-order valence-corrected chi connectivity index (χ4v) is 3.01. The van der Waals surface area contributed by atoms with Crippen LogP contribution in [0.15, 0.2) is 48.2 Å². The lowest BCUT2D eigenvalue weighted by Crippen LogP contribution is -3.00. The van der Waals surface area contributed by atoms with Gasteiger partial charge in [-0.2, -0.15) is 5.26 Å². The van der Waals surface area contributed by atoms with Gasteiger partial charge in [-0.3, -0.25) is 14.9 Å². The second-order valence-corrected chi connectivity index (χ2v) is 6.77. The molecule has 2 N–H and O–H groups in total. The zero-order chi connectivity index (χ0) is 22.3. The minimum atomic E-state index is -0.695. The molecule has 8 nitrogen and oxygen atoms in total. The van der Waals surface area contributed by atoms with E-state index in [4.69, 9.17) is 11.6 Å². The van der Waals surface area contributed by atoms with Crippen LogP contribution in [0, 0.1) is 28.4 Å². The Kier molecular flexibility index (Phi) is 9.80. The Labute approximate surface area is 192 Å². The maximum Gasteiger partial charge on any atom is 0.289 e. The molecule has 164 valence electrons. The monoisotopic (exact) mass is 462 g/mol. The first-order valence-corrected chi connectivity index (χ1v) is 9.66. The molecule has 0 aliphatic carbocycles. The minimum absolute atomic E-state index is 0. The van der Waals surface area contributed by atoms with Gasteiger partial charge in [-0.15, -0.1) is 0 Å². The van der Waals surface area contributed by atoms with Gasteiger partial charge in [0.2, 0.25) is 0 Å². The molecule has 0 aliphatic heterocycles. The van der Waals surface area contributed by atoms with Crippen molar-refractivity contribution < 1.29 is 22.1 Å². The van der Waals surface area contributed by atoms with Crippen LogP contribution < -0.4 is 27.9 Å². The van der Waals surface area contributed by atoms with Crippen LogP contribution in [-0.2, 0) is 4.79 Å². The number of carbonyl (C=O) groups excluding carboxylic acids is 1. The summed E-state index contributed by atoms with van der Waals surface area (Å²) in [5.74, 6) is -0.695. The Balaban J connectivity index is 0.00000480. The number of amides is 1. The van der Waals surface area contributed by atoms with E-state index in [1.165, 1.54) is 18.3 Å². The first kappa shape index (κ1) is 25.8. The predicted molar refractivity (Wildman–Crippen MR) is 119 cm³/mol. The Morgan fingerprint density at radius 3 is 2.48 bits per heavy atom. The number of nitriles is 1. The summed E-state index contributed by atoms with van der Waals surface area (Å²) in [7, 11) is 0. The number of nitrogens with zero attached hydrogens (tertiary/aromatic N) is 3. The summed E-state index contributed by atoms with van der Waals surface area (Å²) in [6.45, 7) is 7.89. The predicted octanol–water partition coefficient (Wildman–Crippen LogP) is 1.86. The van der Waals surface area contributed by atoms with Crippen molar-refractivity contribution in [3.63, 3.8) is 0 Å². The van der Waals surface area contributed by atoms with Gasteiger partial charge in [0.15, 0.2) is 0 Å². The molecule has 0 fully saturated rings. The molecule has 2 rings (SSSR count). The lowest BCUT2D eigenvalue weighted by molar-refractivity contribution is -0.384. The largest absolute Gasteiger partial charge is 1.00 e. The molecular weight excluding hydrogens is 441 g/mol. The minimum Gasteiger partial charge on any atom is -1.00 e. The number of halogens is 2. The summed E-state index contributed by atoms with van der Waals surface area (Å²) in [5, 5.41) is 25.7. The average molecular weight is 463 g/mol. The van der Waals surface area contributed by atoms with E-state index in [0.29, 0.717) is 0 Å². The number of nitro benzene ring substituents is 1. The number of hydrogen-bond donors (Lipinski definition) is 2. The Bertz CT molecular complexity index is 1030. The van der Waals surface area contributed by atoms with Gasteiger partial charge in [0, 0.05) is 42.4 Å². The molecule has 0 saturated heterocycles. The summed E-state index contributed by atoms with van der Waals surface area (Å²) in [5.41, 5.74) is 2.46. The summed E-state index contributed by atoms with van der Waals surface area (Å²) >= 11 is 5.77. The zero-order valence-corrected chi connectivity index (χ0v) is 18.8. The highest BCUT2D eigenvalue weighted by atomic mass is 35.5. The van der Waals surface area contributed by atoms with E-state index in [2.05, 4.69) is 29.4 Å². The molecule has 2 aromatic carbocycles. The van der Waals surface area contributed by atoms with E-state index in [0.717, 1.165) is 36.1 Å². The highest BCUT2D eigenvalue weighted by Crippen LogP contribution is 2.27. The van der Waals surface area contributed by atoms with Crippen molar-refractivity contribution in [2.24, 2.45) is 0 Å². The van der Waals surface area contributed by atoms with Crippen LogP contribution in [-0.4, -0.2) is 23.9 Å². The number of rotatable bonds is 8. The molecule has 0 spiro atoms. The molecule has 0 radical (unpaired) electrons.